The van der Waals surface area contributed by atoms with Crippen molar-refractivity contribution in [1.29, 1.82) is 0 Å². The number of aromatic nitrogens is 2. The van der Waals surface area contributed by atoms with Crippen molar-refractivity contribution in [2.75, 3.05) is 6.54 Å². The number of nitrogens with one attached hydrogen (secondary N) is 4. The van der Waals surface area contributed by atoms with Crippen molar-refractivity contribution in [3.63, 3.8) is 0 Å². The molecule has 0 aliphatic heterocycles. The summed E-state index contributed by atoms with van der Waals surface area (Å²) in [6, 6.07) is -2.04. The summed E-state index contributed by atoms with van der Waals surface area (Å²) in [4.78, 5) is 55.8. The van der Waals surface area contributed by atoms with Crippen LogP contribution in [0.5, 0.6) is 0 Å². The molecular weight excluding hydrogens is 442 g/mol. The molecule has 0 saturated heterocycles. The standard InChI is InChI=1S/C23H37N5O6/c1-23(2,3)34-22(33)25-11-7-6-10-17(27-19(29)15-8-4-5-9-15)20(30)28-18(21(31)32)12-16-13-24-14-26-16/h13-15,17-18H,4-12H2,1-3H3,(H,24,26)(H,25,33)(H,27,29)(H,28,30)(H,31,32)/t17-,18-/m0/s1. The van der Waals surface area contributed by atoms with E-state index in [1.54, 1.807) is 27.0 Å². The Morgan fingerprint density at radius 1 is 1.15 bits per heavy atom. The Balaban J connectivity index is 1.91. The Hall–Kier alpha value is -3.11. The molecule has 11 heteroatoms. The Kier molecular flexibility index (Phi) is 10.3. The molecule has 0 aromatic carbocycles. The first-order valence-electron chi connectivity index (χ1n) is 11.8. The zero-order valence-corrected chi connectivity index (χ0v) is 20.2. The summed E-state index contributed by atoms with van der Waals surface area (Å²) in [5.41, 5.74) is -0.0820. The summed E-state index contributed by atoms with van der Waals surface area (Å²) in [5, 5.41) is 17.6. The van der Waals surface area contributed by atoms with Crippen molar-refractivity contribution < 1.29 is 29.0 Å². The van der Waals surface area contributed by atoms with Gasteiger partial charge in [-0.2, -0.15) is 0 Å². The van der Waals surface area contributed by atoms with Crippen LogP contribution in [-0.2, 0) is 25.5 Å². The quantitative estimate of drug-likeness (QED) is 0.286. The van der Waals surface area contributed by atoms with Crippen molar-refractivity contribution in [3.05, 3.63) is 18.2 Å². The van der Waals surface area contributed by atoms with Crippen LogP contribution in [0.25, 0.3) is 0 Å². The number of hydrogen-bond acceptors (Lipinski definition) is 6. The van der Waals surface area contributed by atoms with E-state index in [-0.39, 0.29) is 18.2 Å². The molecule has 0 bridgehead atoms. The summed E-state index contributed by atoms with van der Waals surface area (Å²) in [6.07, 6.45) is 7.47. The second kappa shape index (κ2) is 13.0. The average Bonchev–Trinajstić information content (AvgIpc) is 3.44. The van der Waals surface area contributed by atoms with Crippen molar-refractivity contribution in [2.24, 2.45) is 5.92 Å². The van der Waals surface area contributed by atoms with Gasteiger partial charge in [-0.05, 0) is 52.9 Å². The largest absolute Gasteiger partial charge is 0.480 e. The second-order valence-corrected chi connectivity index (χ2v) is 9.63. The summed E-state index contributed by atoms with van der Waals surface area (Å²) in [7, 11) is 0. The minimum Gasteiger partial charge on any atom is -0.480 e. The predicted molar refractivity (Wildman–Crippen MR) is 124 cm³/mol. The van der Waals surface area contributed by atoms with Gasteiger partial charge in [-0.3, -0.25) is 9.59 Å². The number of nitrogens with zero attached hydrogens (tertiary/aromatic N) is 1. The summed E-state index contributed by atoms with van der Waals surface area (Å²) in [6.45, 7) is 5.69. The first kappa shape index (κ1) is 27.1. The number of aromatic amines is 1. The fourth-order valence-electron chi connectivity index (χ4n) is 3.81. The van der Waals surface area contributed by atoms with E-state index in [4.69, 9.17) is 4.74 Å². The molecule has 3 amide bonds. The van der Waals surface area contributed by atoms with Crippen LogP contribution in [0.1, 0.15) is 71.4 Å². The third-order valence-corrected chi connectivity index (χ3v) is 5.53. The maximum Gasteiger partial charge on any atom is 0.407 e. The molecule has 5 N–H and O–H groups in total. The number of carboxylic acids is 1. The van der Waals surface area contributed by atoms with Gasteiger partial charge in [0.05, 0.1) is 12.0 Å². The fourth-order valence-corrected chi connectivity index (χ4v) is 3.81. The first-order chi connectivity index (χ1) is 16.0. The number of aliphatic carboxylic acids is 1. The minimum absolute atomic E-state index is 0.0215. The first-order valence-corrected chi connectivity index (χ1v) is 11.8. The van der Waals surface area contributed by atoms with E-state index in [0.29, 0.717) is 31.5 Å². The van der Waals surface area contributed by atoms with Crippen LogP contribution in [0.15, 0.2) is 12.5 Å². The molecular formula is C23H37N5O6. The maximum absolute atomic E-state index is 13.0. The van der Waals surface area contributed by atoms with Gasteiger partial charge in [0.1, 0.15) is 17.7 Å². The number of carboxylic acid groups (broad SMARTS) is 1. The normalized spacial score (nSPS) is 15.9. The van der Waals surface area contributed by atoms with Gasteiger partial charge in [-0.1, -0.05) is 12.8 Å². The lowest BCUT2D eigenvalue weighted by atomic mass is 10.0. The van der Waals surface area contributed by atoms with Gasteiger partial charge in [0, 0.05) is 25.1 Å². The monoisotopic (exact) mass is 479 g/mol. The molecule has 0 radical (unpaired) electrons. The van der Waals surface area contributed by atoms with E-state index in [9.17, 15) is 24.3 Å². The molecule has 1 aliphatic rings. The Bertz CT molecular complexity index is 814. The van der Waals surface area contributed by atoms with E-state index in [1.165, 1.54) is 6.33 Å². The third-order valence-electron chi connectivity index (χ3n) is 5.53. The highest BCUT2D eigenvalue weighted by molar-refractivity contribution is 5.91. The van der Waals surface area contributed by atoms with Gasteiger partial charge in [-0.25, -0.2) is 14.6 Å². The topological polar surface area (TPSA) is 163 Å². The van der Waals surface area contributed by atoms with Gasteiger partial charge in [0.2, 0.25) is 11.8 Å². The zero-order valence-electron chi connectivity index (χ0n) is 20.2. The van der Waals surface area contributed by atoms with Crippen molar-refractivity contribution in [1.82, 2.24) is 25.9 Å². The zero-order chi connectivity index (χ0) is 25.1. The Morgan fingerprint density at radius 2 is 1.85 bits per heavy atom. The molecule has 1 aromatic heterocycles. The van der Waals surface area contributed by atoms with Gasteiger partial charge < -0.3 is 30.8 Å². The lowest BCUT2D eigenvalue weighted by Gasteiger charge is -2.23. The number of carbonyl (C=O) groups is 4. The van der Waals surface area contributed by atoms with Gasteiger partial charge in [0.15, 0.2) is 0 Å². The van der Waals surface area contributed by atoms with E-state index in [2.05, 4.69) is 25.9 Å². The number of alkyl carbamates (subject to hydrolysis) is 1. The fraction of sp³-hybridized carbons (Fsp3) is 0.696. The molecule has 1 heterocycles. The molecule has 2 atom stereocenters. The van der Waals surface area contributed by atoms with Crippen LogP contribution in [-0.4, -0.2) is 63.2 Å². The molecule has 0 unspecified atom stereocenters. The molecule has 1 aromatic rings. The van der Waals surface area contributed by atoms with Crippen molar-refractivity contribution in [2.45, 2.75) is 89.8 Å². The molecule has 34 heavy (non-hydrogen) atoms. The SMILES string of the molecule is CC(C)(C)OC(=O)NCCCC[C@H](NC(=O)C1CCCC1)C(=O)N[C@@H](Cc1c[nH]cn1)C(=O)O. The predicted octanol–water partition coefficient (Wildman–Crippen LogP) is 1.89. The summed E-state index contributed by atoms with van der Waals surface area (Å²) in [5.74, 6) is -2.03. The van der Waals surface area contributed by atoms with Gasteiger partial charge in [0.25, 0.3) is 0 Å². The third kappa shape index (κ3) is 9.80. The summed E-state index contributed by atoms with van der Waals surface area (Å²) >= 11 is 0. The number of hydrogen-bond donors (Lipinski definition) is 5. The molecule has 2 rings (SSSR count). The van der Waals surface area contributed by atoms with E-state index >= 15 is 0 Å². The number of amides is 3. The lowest BCUT2D eigenvalue weighted by molar-refractivity contribution is -0.142. The highest BCUT2D eigenvalue weighted by Gasteiger charge is 2.30. The molecule has 1 fully saturated rings. The molecule has 1 saturated carbocycles. The van der Waals surface area contributed by atoms with Crippen LogP contribution in [0, 0.1) is 5.92 Å². The number of imidazole rings is 1. The van der Waals surface area contributed by atoms with Crippen LogP contribution in [0.4, 0.5) is 4.79 Å². The lowest BCUT2D eigenvalue weighted by Crippen LogP contribution is -2.53. The number of ether oxygens (including phenoxy) is 1. The highest BCUT2D eigenvalue weighted by Crippen LogP contribution is 2.25. The van der Waals surface area contributed by atoms with E-state index < -0.39 is 35.7 Å². The van der Waals surface area contributed by atoms with Crippen LogP contribution in [0.3, 0.4) is 0 Å². The molecule has 0 spiro atoms. The van der Waals surface area contributed by atoms with Gasteiger partial charge >= 0.3 is 12.1 Å². The Morgan fingerprint density at radius 3 is 2.44 bits per heavy atom. The number of rotatable bonds is 12. The van der Waals surface area contributed by atoms with Crippen molar-refractivity contribution >= 4 is 23.9 Å². The maximum atomic E-state index is 13.0. The molecule has 190 valence electrons. The van der Waals surface area contributed by atoms with Crippen LogP contribution >= 0.6 is 0 Å². The average molecular weight is 480 g/mol. The van der Waals surface area contributed by atoms with Crippen LogP contribution < -0.4 is 16.0 Å². The molecule has 1 aliphatic carbocycles. The highest BCUT2D eigenvalue weighted by atomic mass is 16.6. The summed E-state index contributed by atoms with van der Waals surface area (Å²) < 4.78 is 5.19. The smallest absolute Gasteiger partial charge is 0.407 e. The van der Waals surface area contributed by atoms with E-state index in [0.717, 1.165) is 25.7 Å². The minimum atomic E-state index is -1.18. The van der Waals surface area contributed by atoms with E-state index in [1.807, 2.05) is 0 Å². The Labute approximate surface area is 199 Å². The van der Waals surface area contributed by atoms with Gasteiger partial charge in [-0.15, -0.1) is 0 Å². The van der Waals surface area contributed by atoms with Crippen molar-refractivity contribution in [3.8, 4) is 0 Å². The molecule has 11 nitrogen and oxygen atoms in total. The number of H-pyrrole nitrogens is 1. The number of unbranched alkanes of at least 4 members (excludes halogenated alkanes) is 1. The number of carbonyl (C=O) groups excluding carboxylic acids is 3. The van der Waals surface area contributed by atoms with Crippen LogP contribution in [0.2, 0.25) is 0 Å². The second-order valence-electron chi connectivity index (χ2n) is 9.63.